The van der Waals surface area contributed by atoms with Crippen LogP contribution < -0.4 is 0 Å². The van der Waals surface area contributed by atoms with Crippen molar-refractivity contribution in [3.8, 4) is 23.6 Å². The Morgan fingerprint density at radius 2 is 2.19 bits per heavy atom. The molecule has 0 fully saturated rings. The second-order valence-electron chi connectivity index (χ2n) is 2.99. The van der Waals surface area contributed by atoms with Crippen molar-refractivity contribution in [1.29, 1.82) is 0 Å². The summed E-state index contributed by atoms with van der Waals surface area (Å²) in [6.45, 7) is 0. The molecule has 78 valence electrons. The van der Waals surface area contributed by atoms with E-state index in [1.54, 1.807) is 12.4 Å². The lowest BCUT2D eigenvalue weighted by Gasteiger charge is -1.99. The third-order valence-electron chi connectivity index (χ3n) is 1.90. The maximum atomic E-state index is 5.17. The van der Waals surface area contributed by atoms with E-state index in [9.17, 15) is 0 Å². The Morgan fingerprint density at radius 3 is 2.81 bits per heavy atom. The van der Waals surface area contributed by atoms with E-state index in [-0.39, 0.29) is 0 Å². The summed E-state index contributed by atoms with van der Waals surface area (Å²) in [6, 6.07) is 7.66. The maximum absolute atomic E-state index is 5.17. The van der Waals surface area contributed by atoms with Gasteiger partial charge in [-0.05, 0) is 24.3 Å². The maximum Gasteiger partial charge on any atom is 0.120 e. The summed E-state index contributed by atoms with van der Waals surface area (Å²) in [4.78, 5) is 4.03. The normalized spacial score (nSPS) is 9.69. The highest BCUT2D eigenvalue weighted by Crippen LogP contribution is 2.18. The van der Waals surface area contributed by atoms with E-state index in [4.69, 9.17) is 6.42 Å². The summed E-state index contributed by atoms with van der Waals surface area (Å²) in [5.74, 6) is 3.16. The number of thioether (sulfide) groups is 1. The van der Waals surface area contributed by atoms with Crippen LogP contribution in [0.3, 0.4) is 0 Å². The predicted octanol–water partition coefficient (Wildman–Crippen LogP) is 2.26. The predicted molar refractivity (Wildman–Crippen MR) is 64.8 cm³/mol. The number of hydrogen-bond donors (Lipinski definition) is 0. The Kier molecular flexibility index (Phi) is 3.52. The summed E-state index contributed by atoms with van der Waals surface area (Å²) in [7, 11) is 0. The zero-order valence-corrected chi connectivity index (χ0v) is 9.31. The molecule has 0 saturated heterocycles. The molecule has 0 aliphatic carbocycles. The topological polar surface area (TPSA) is 38.7 Å². The third kappa shape index (κ3) is 2.59. The van der Waals surface area contributed by atoms with Crippen LogP contribution in [-0.4, -0.2) is 20.9 Å². The standard InChI is InChI=1S/C12H9N3S/c1-2-8-16-12-6-5-11(14-15-12)10-4-3-7-13-9-10/h1,3-7,9H,8H2. The number of hydrogen-bond acceptors (Lipinski definition) is 4. The van der Waals surface area contributed by atoms with Crippen molar-refractivity contribution in [2.45, 2.75) is 5.03 Å². The van der Waals surface area contributed by atoms with Gasteiger partial charge < -0.3 is 0 Å². The summed E-state index contributed by atoms with van der Waals surface area (Å²) in [6.07, 6.45) is 8.66. The van der Waals surface area contributed by atoms with Crippen LogP contribution in [0.15, 0.2) is 41.7 Å². The lowest BCUT2D eigenvalue weighted by Crippen LogP contribution is -1.89. The minimum atomic E-state index is 0.612. The van der Waals surface area contributed by atoms with Crippen molar-refractivity contribution in [3.05, 3.63) is 36.7 Å². The molecular formula is C12H9N3S. The first-order valence-electron chi connectivity index (χ1n) is 4.70. The molecule has 0 aliphatic rings. The molecule has 2 aromatic rings. The zero-order valence-electron chi connectivity index (χ0n) is 8.50. The van der Waals surface area contributed by atoms with Crippen molar-refractivity contribution in [2.75, 3.05) is 5.75 Å². The lowest BCUT2D eigenvalue weighted by molar-refractivity contribution is 0.936. The van der Waals surface area contributed by atoms with Gasteiger partial charge in [0.1, 0.15) is 5.03 Å². The van der Waals surface area contributed by atoms with E-state index in [0.29, 0.717) is 5.75 Å². The molecule has 0 atom stereocenters. The van der Waals surface area contributed by atoms with E-state index in [1.807, 2.05) is 24.3 Å². The molecule has 0 radical (unpaired) electrons. The minimum absolute atomic E-state index is 0.612. The Hall–Kier alpha value is -1.86. The molecule has 2 heterocycles. The number of aromatic nitrogens is 3. The zero-order chi connectivity index (χ0) is 11.2. The Balaban J connectivity index is 2.17. The average Bonchev–Trinajstić information content (AvgIpc) is 2.38. The summed E-state index contributed by atoms with van der Waals surface area (Å²) < 4.78 is 0. The van der Waals surface area contributed by atoms with Gasteiger partial charge in [-0.2, -0.15) is 0 Å². The first-order chi connectivity index (χ1) is 7.90. The fourth-order valence-electron chi connectivity index (χ4n) is 1.18. The van der Waals surface area contributed by atoms with Crippen molar-refractivity contribution in [1.82, 2.24) is 15.2 Å². The van der Waals surface area contributed by atoms with Crippen LogP contribution in [-0.2, 0) is 0 Å². The molecular weight excluding hydrogens is 218 g/mol. The Morgan fingerprint density at radius 1 is 1.25 bits per heavy atom. The van der Waals surface area contributed by atoms with Crippen LogP contribution in [0.5, 0.6) is 0 Å². The minimum Gasteiger partial charge on any atom is -0.264 e. The smallest absolute Gasteiger partial charge is 0.120 e. The summed E-state index contributed by atoms with van der Waals surface area (Å²) >= 11 is 1.50. The molecule has 2 rings (SSSR count). The fraction of sp³-hybridized carbons (Fsp3) is 0.0833. The van der Waals surface area contributed by atoms with E-state index >= 15 is 0 Å². The SMILES string of the molecule is C#CCSc1ccc(-c2cccnc2)nn1. The Labute approximate surface area is 98.3 Å². The van der Waals surface area contributed by atoms with Crippen LogP contribution in [0.25, 0.3) is 11.3 Å². The average molecular weight is 227 g/mol. The third-order valence-corrected chi connectivity index (χ3v) is 2.73. The molecule has 4 heteroatoms. The molecule has 0 spiro atoms. The lowest BCUT2D eigenvalue weighted by atomic mass is 10.2. The van der Waals surface area contributed by atoms with Gasteiger partial charge in [-0.15, -0.1) is 16.6 Å². The molecule has 0 saturated carbocycles. The monoisotopic (exact) mass is 227 g/mol. The highest BCUT2D eigenvalue weighted by atomic mass is 32.2. The highest BCUT2D eigenvalue weighted by Gasteiger charge is 2.00. The number of pyridine rings is 1. The van der Waals surface area contributed by atoms with Gasteiger partial charge in [0.05, 0.1) is 11.4 Å². The number of nitrogens with zero attached hydrogens (tertiary/aromatic N) is 3. The van der Waals surface area contributed by atoms with Crippen LogP contribution >= 0.6 is 11.8 Å². The van der Waals surface area contributed by atoms with Gasteiger partial charge in [-0.3, -0.25) is 4.98 Å². The number of rotatable bonds is 3. The quantitative estimate of drug-likeness (QED) is 0.595. The molecule has 0 N–H and O–H groups in total. The Bertz CT molecular complexity index is 488. The highest BCUT2D eigenvalue weighted by molar-refractivity contribution is 7.99. The van der Waals surface area contributed by atoms with Gasteiger partial charge in [0.15, 0.2) is 0 Å². The second-order valence-corrected chi connectivity index (χ2v) is 3.99. The molecule has 0 amide bonds. The first kappa shape index (κ1) is 10.7. The molecule has 3 nitrogen and oxygen atoms in total. The largest absolute Gasteiger partial charge is 0.264 e. The van der Waals surface area contributed by atoms with Crippen molar-refractivity contribution in [3.63, 3.8) is 0 Å². The van der Waals surface area contributed by atoms with Gasteiger partial charge >= 0.3 is 0 Å². The van der Waals surface area contributed by atoms with Gasteiger partial charge in [0, 0.05) is 18.0 Å². The van der Waals surface area contributed by atoms with E-state index < -0.39 is 0 Å². The van der Waals surface area contributed by atoms with Gasteiger partial charge in [-0.1, -0.05) is 17.7 Å². The fourth-order valence-corrected chi connectivity index (χ4v) is 1.67. The van der Waals surface area contributed by atoms with Crippen LogP contribution in [0.4, 0.5) is 0 Å². The second kappa shape index (κ2) is 5.29. The van der Waals surface area contributed by atoms with Crippen LogP contribution in [0, 0.1) is 12.3 Å². The molecule has 0 aliphatic heterocycles. The van der Waals surface area contributed by atoms with Crippen LogP contribution in [0.2, 0.25) is 0 Å². The van der Waals surface area contributed by atoms with E-state index in [1.165, 1.54) is 11.8 Å². The summed E-state index contributed by atoms with van der Waals surface area (Å²) in [5, 5.41) is 9.04. The van der Waals surface area contributed by atoms with E-state index in [0.717, 1.165) is 16.3 Å². The van der Waals surface area contributed by atoms with Crippen molar-refractivity contribution < 1.29 is 0 Å². The molecule has 16 heavy (non-hydrogen) atoms. The molecule has 2 aromatic heterocycles. The van der Waals surface area contributed by atoms with Crippen molar-refractivity contribution in [2.24, 2.45) is 0 Å². The van der Waals surface area contributed by atoms with Gasteiger partial charge in [0.25, 0.3) is 0 Å². The van der Waals surface area contributed by atoms with Gasteiger partial charge in [-0.25, -0.2) is 0 Å². The van der Waals surface area contributed by atoms with Crippen LogP contribution in [0.1, 0.15) is 0 Å². The van der Waals surface area contributed by atoms with Gasteiger partial charge in [0.2, 0.25) is 0 Å². The molecule has 0 bridgehead atoms. The van der Waals surface area contributed by atoms with Crippen molar-refractivity contribution >= 4 is 11.8 Å². The number of terminal acetylenes is 1. The molecule has 0 unspecified atom stereocenters. The summed E-state index contributed by atoms with van der Waals surface area (Å²) in [5.41, 5.74) is 1.78. The molecule has 0 aromatic carbocycles. The first-order valence-corrected chi connectivity index (χ1v) is 5.69. The van der Waals surface area contributed by atoms with E-state index in [2.05, 4.69) is 21.1 Å².